The molecule has 10 heteroatoms. The van der Waals surface area contributed by atoms with E-state index in [4.69, 9.17) is 19.9 Å². The maximum atomic E-state index is 14.6. The van der Waals surface area contributed by atoms with Crippen molar-refractivity contribution in [2.24, 2.45) is 5.73 Å². The number of amides is 3. The van der Waals surface area contributed by atoms with Crippen LogP contribution in [0.25, 0.3) is 0 Å². The largest absolute Gasteiger partial charge is 0.445 e. The van der Waals surface area contributed by atoms with E-state index in [0.29, 0.717) is 26.0 Å². The number of benzene rings is 5. The molecule has 314 valence electrons. The number of rotatable bonds is 20. The molecule has 1 unspecified atom stereocenters. The fourth-order valence-electron chi connectivity index (χ4n) is 7.56. The highest BCUT2D eigenvalue weighted by Crippen LogP contribution is 2.27. The van der Waals surface area contributed by atoms with Gasteiger partial charge in [0.1, 0.15) is 13.2 Å². The molecule has 0 heterocycles. The highest BCUT2D eigenvalue weighted by atomic mass is 16.6. The van der Waals surface area contributed by atoms with Crippen LogP contribution in [0.15, 0.2) is 152 Å². The Labute approximate surface area is 354 Å². The summed E-state index contributed by atoms with van der Waals surface area (Å²) in [6, 6.07) is 49.0. The van der Waals surface area contributed by atoms with Gasteiger partial charge in [-0.3, -0.25) is 9.69 Å². The predicted molar refractivity (Wildman–Crippen MR) is 233 cm³/mol. The van der Waals surface area contributed by atoms with Crippen molar-refractivity contribution >= 4 is 18.1 Å². The molecule has 0 saturated heterocycles. The Kier molecular flexibility index (Phi) is 17.1. The normalized spacial score (nSPS) is 15.3. The second-order valence-electron chi connectivity index (χ2n) is 15.3. The zero-order valence-corrected chi connectivity index (χ0v) is 34.4. The van der Waals surface area contributed by atoms with Crippen LogP contribution < -0.4 is 5.73 Å². The van der Waals surface area contributed by atoms with Crippen molar-refractivity contribution < 1.29 is 28.6 Å². The number of nitrogens with two attached hydrogens (primary N) is 1. The minimum Gasteiger partial charge on any atom is -0.445 e. The van der Waals surface area contributed by atoms with Crippen LogP contribution in [0.2, 0.25) is 0 Å². The molecule has 1 fully saturated rings. The van der Waals surface area contributed by atoms with Crippen LogP contribution in [0.3, 0.4) is 0 Å². The van der Waals surface area contributed by atoms with E-state index < -0.39 is 18.4 Å². The summed E-state index contributed by atoms with van der Waals surface area (Å²) >= 11 is 0. The highest BCUT2D eigenvalue weighted by molar-refractivity contribution is 5.78. The van der Waals surface area contributed by atoms with E-state index in [1.165, 1.54) is 4.90 Å². The van der Waals surface area contributed by atoms with E-state index in [0.717, 1.165) is 53.5 Å². The number of carbonyl (C=O) groups is 3. The molecular formula is C50H58N4O6. The van der Waals surface area contributed by atoms with Gasteiger partial charge in [0.15, 0.2) is 0 Å². The molecular weight excluding hydrogens is 753 g/mol. The molecule has 0 spiro atoms. The Bertz CT molecular complexity index is 2000. The van der Waals surface area contributed by atoms with Gasteiger partial charge in [0.25, 0.3) is 0 Å². The number of nitrogens with zero attached hydrogens (tertiary/aromatic N) is 3. The van der Waals surface area contributed by atoms with Crippen LogP contribution in [-0.2, 0) is 51.7 Å². The van der Waals surface area contributed by atoms with Gasteiger partial charge < -0.3 is 29.7 Å². The van der Waals surface area contributed by atoms with Gasteiger partial charge in [0.2, 0.25) is 5.91 Å². The van der Waals surface area contributed by atoms with Crippen molar-refractivity contribution in [3.63, 3.8) is 0 Å². The van der Waals surface area contributed by atoms with Crippen molar-refractivity contribution in [1.29, 1.82) is 0 Å². The standard InChI is InChI=1S/C50H58N4O6/c51-47(54(33-31-41-18-8-2-9-19-41)50(57)60-39-44-24-14-5-15-25-44)36-48(55)53(45-26-28-46(29-27-45)58-37-42-20-10-3-11-21-42)35-34-52(32-30-40-16-6-1-7-17-40)49(56)59-38-43-22-12-4-13-23-43/h1-25,45-47H,26-39,51H2. The fraction of sp³-hybridized carbons (Fsp3) is 0.340. The van der Waals surface area contributed by atoms with Crippen molar-refractivity contribution in [3.8, 4) is 0 Å². The number of hydrogen-bond acceptors (Lipinski definition) is 7. The molecule has 3 amide bonds. The second-order valence-corrected chi connectivity index (χ2v) is 15.3. The van der Waals surface area contributed by atoms with Gasteiger partial charge in [-0.15, -0.1) is 0 Å². The summed E-state index contributed by atoms with van der Waals surface area (Å²) in [6.07, 6.45) is 2.23. The third kappa shape index (κ3) is 14.1. The molecule has 1 saturated carbocycles. The summed E-state index contributed by atoms with van der Waals surface area (Å²) < 4.78 is 17.9. The van der Waals surface area contributed by atoms with E-state index >= 15 is 0 Å². The smallest absolute Gasteiger partial charge is 0.411 e. The lowest BCUT2D eigenvalue weighted by atomic mass is 9.91. The predicted octanol–water partition coefficient (Wildman–Crippen LogP) is 8.78. The molecule has 1 aliphatic rings. The summed E-state index contributed by atoms with van der Waals surface area (Å²) in [7, 11) is 0. The van der Waals surface area contributed by atoms with Crippen LogP contribution in [-0.4, -0.2) is 77.3 Å². The summed E-state index contributed by atoms with van der Waals surface area (Å²) in [4.78, 5) is 47.1. The Balaban J connectivity index is 1.16. The lowest BCUT2D eigenvalue weighted by molar-refractivity contribution is -0.136. The van der Waals surface area contributed by atoms with Crippen LogP contribution in [0, 0.1) is 0 Å². The molecule has 0 radical (unpaired) electrons. The first kappa shape index (κ1) is 43.6. The molecule has 1 atom stereocenters. The molecule has 5 aromatic carbocycles. The van der Waals surface area contributed by atoms with E-state index in [1.807, 2.05) is 144 Å². The number of ether oxygens (including phenoxy) is 3. The van der Waals surface area contributed by atoms with Crippen molar-refractivity contribution in [2.45, 2.75) is 83.1 Å². The minimum absolute atomic E-state index is 0.0730. The molecule has 60 heavy (non-hydrogen) atoms. The fourth-order valence-corrected chi connectivity index (χ4v) is 7.56. The molecule has 0 bridgehead atoms. The maximum absolute atomic E-state index is 14.6. The third-order valence-corrected chi connectivity index (χ3v) is 11.0. The molecule has 1 aliphatic carbocycles. The highest BCUT2D eigenvalue weighted by Gasteiger charge is 2.33. The van der Waals surface area contributed by atoms with Gasteiger partial charge in [-0.25, -0.2) is 9.59 Å². The SMILES string of the molecule is NC(CC(=O)N(CCN(CCc1ccccc1)C(=O)OCc1ccccc1)C1CCC(OCc2ccccc2)CC1)N(CCc1ccccc1)C(=O)OCc1ccccc1. The Hall–Kier alpha value is -5.97. The van der Waals surface area contributed by atoms with Gasteiger partial charge >= 0.3 is 12.2 Å². The monoisotopic (exact) mass is 810 g/mol. The van der Waals surface area contributed by atoms with Crippen LogP contribution >= 0.6 is 0 Å². The quantitative estimate of drug-likeness (QED) is 0.0782. The molecule has 6 rings (SSSR count). The Morgan fingerprint density at radius 1 is 0.517 bits per heavy atom. The average molecular weight is 811 g/mol. The zero-order valence-electron chi connectivity index (χ0n) is 34.4. The van der Waals surface area contributed by atoms with Crippen LogP contribution in [0.5, 0.6) is 0 Å². The topological polar surface area (TPSA) is 115 Å². The van der Waals surface area contributed by atoms with E-state index in [9.17, 15) is 14.4 Å². The molecule has 2 N–H and O–H groups in total. The summed E-state index contributed by atoms with van der Waals surface area (Å²) in [5.74, 6) is -0.183. The maximum Gasteiger partial charge on any atom is 0.411 e. The van der Waals surface area contributed by atoms with Gasteiger partial charge in [0, 0.05) is 32.2 Å². The zero-order chi connectivity index (χ0) is 41.8. The first-order valence-corrected chi connectivity index (χ1v) is 21.1. The molecule has 0 aromatic heterocycles. The van der Waals surface area contributed by atoms with Crippen molar-refractivity contribution in [1.82, 2.24) is 14.7 Å². The van der Waals surface area contributed by atoms with E-state index in [2.05, 4.69) is 12.1 Å². The first-order valence-electron chi connectivity index (χ1n) is 21.1. The summed E-state index contributed by atoms with van der Waals surface area (Å²) in [5, 5.41) is 0. The molecule has 5 aromatic rings. The average Bonchev–Trinajstić information content (AvgIpc) is 3.30. The number of hydrogen-bond donors (Lipinski definition) is 1. The second kappa shape index (κ2) is 23.6. The Morgan fingerprint density at radius 2 is 0.950 bits per heavy atom. The van der Waals surface area contributed by atoms with Crippen molar-refractivity contribution in [3.05, 3.63) is 179 Å². The lowest BCUT2D eigenvalue weighted by Crippen LogP contribution is -2.53. The van der Waals surface area contributed by atoms with Crippen molar-refractivity contribution in [2.75, 3.05) is 26.2 Å². The van der Waals surface area contributed by atoms with Gasteiger partial charge in [-0.2, -0.15) is 0 Å². The van der Waals surface area contributed by atoms with Gasteiger partial charge in [-0.05, 0) is 66.3 Å². The summed E-state index contributed by atoms with van der Waals surface area (Å²) in [5.41, 5.74) is 11.8. The Morgan fingerprint density at radius 3 is 1.45 bits per heavy atom. The minimum atomic E-state index is -0.942. The first-order chi connectivity index (χ1) is 29.4. The van der Waals surface area contributed by atoms with Crippen LogP contribution in [0.1, 0.15) is 59.9 Å². The third-order valence-electron chi connectivity index (χ3n) is 11.0. The van der Waals surface area contributed by atoms with Gasteiger partial charge in [0.05, 0.1) is 25.3 Å². The van der Waals surface area contributed by atoms with E-state index in [-0.39, 0.29) is 57.3 Å². The molecule has 10 nitrogen and oxygen atoms in total. The molecule has 0 aliphatic heterocycles. The lowest BCUT2D eigenvalue weighted by Gasteiger charge is -2.39. The van der Waals surface area contributed by atoms with Gasteiger partial charge in [-0.1, -0.05) is 152 Å². The van der Waals surface area contributed by atoms with Crippen LogP contribution in [0.4, 0.5) is 9.59 Å². The van der Waals surface area contributed by atoms with E-state index in [1.54, 1.807) is 4.90 Å². The number of carbonyl (C=O) groups excluding carboxylic acids is 3. The summed E-state index contributed by atoms with van der Waals surface area (Å²) in [6.45, 7) is 2.00.